The number of alkyl halides is 1. The molecule has 0 aliphatic carbocycles. The molecule has 18 heavy (non-hydrogen) atoms. The molecule has 0 radical (unpaired) electrons. The predicted molar refractivity (Wildman–Crippen MR) is 70.1 cm³/mol. The molecule has 0 saturated carbocycles. The molecule has 0 aromatic heterocycles. The summed E-state index contributed by atoms with van der Waals surface area (Å²) in [6.07, 6.45) is 0. The molecule has 0 saturated heterocycles. The molecule has 0 unspecified atom stereocenters. The van der Waals surface area contributed by atoms with Crippen molar-refractivity contribution in [3.05, 3.63) is 65.7 Å². The summed E-state index contributed by atoms with van der Waals surface area (Å²) in [7, 11) is 0. The van der Waals surface area contributed by atoms with Crippen molar-refractivity contribution in [2.45, 2.75) is 12.6 Å². The normalized spacial score (nSPS) is 12.1. The molecule has 0 aliphatic heterocycles. The van der Waals surface area contributed by atoms with Gasteiger partial charge in [-0.3, -0.25) is 0 Å². The van der Waals surface area contributed by atoms with Gasteiger partial charge in [-0.1, -0.05) is 42.5 Å². The smallest absolute Gasteiger partial charge is 0.119 e. The fourth-order valence-corrected chi connectivity index (χ4v) is 1.64. The molecule has 0 fully saturated rings. The first-order valence-electron chi connectivity index (χ1n) is 5.88. The Morgan fingerprint density at radius 1 is 1.00 bits per heavy atom. The van der Waals surface area contributed by atoms with Crippen LogP contribution in [0.25, 0.3) is 0 Å². The molecule has 0 amide bonds. The van der Waals surface area contributed by atoms with E-state index in [1.54, 1.807) is 12.1 Å². The van der Waals surface area contributed by atoms with Crippen molar-refractivity contribution in [1.29, 1.82) is 0 Å². The average Bonchev–Trinajstić information content (AvgIpc) is 2.46. The fraction of sp³-hybridized carbons (Fsp3) is 0.200. The quantitative estimate of drug-likeness (QED) is 0.877. The molecule has 0 aliphatic rings. The third kappa shape index (κ3) is 3.31. The standard InChI is InChI=1S/C15H16FNO/c16-10-15(17)13-6-8-14(9-7-13)18-11-12-4-2-1-3-5-12/h1-9,15H,10-11,17H2/t15-/m0/s1. The van der Waals surface area contributed by atoms with Gasteiger partial charge in [-0.15, -0.1) is 0 Å². The Morgan fingerprint density at radius 3 is 2.28 bits per heavy atom. The van der Waals surface area contributed by atoms with Crippen LogP contribution in [0.5, 0.6) is 5.75 Å². The van der Waals surface area contributed by atoms with Crippen LogP contribution in [0, 0.1) is 0 Å². The second kappa shape index (κ2) is 6.17. The second-order valence-electron chi connectivity index (χ2n) is 4.10. The van der Waals surface area contributed by atoms with Gasteiger partial charge in [-0.25, -0.2) is 4.39 Å². The maximum atomic E-state index is 12.4. The SMILES string of the molecule is N[C@@H](CF)c1ccc(OCc2ccccc2)cc1. The van der Waals surface area contributed by atoms with Gasteiger partial charge in [-0.2, -0.15) is 0 Å². The number of hydrogen-bond acceptors (Lipinski definition) is 2. The molecule has 2 rings (SSSR count). The zero-order valence-corrected chi connectivity index (χ0v) is 10.1. The zero-order valence-electron chi connectivity index (χ0n) is 10.1. The molecular weight excluding hydrogens is 229 g/mol. The Labute approximate surface area is 106 Å². The van der Waals surface area contributed by atoms with E-state index in [1.165, 1.54) is 0 Å². The molecule has 94 valence electrons. The summed E-state index contributed by atoms with van der Waals surface area (Å²) in [6, 6.07) is 16.6. The van der Waals surface area contributed by atoms with E-state index in [0.717, 1.165) is 16.9 Å². The number of benzene rings is 2. The Hall–Kier alpha value is -1.87. The van der Waals surface area contributed by atoms with Crippen LogP contribution >= 0.6 is 0 Å². The highest BCUT2D eigenvalue weighted by Gasteiger charge is 2.04. The Morgan fingerprint density at radius 2 is 1.67 bits per heavy atom. The van der Waals surface area contributed by atoms with Crippen LogP contribution in [0.3, 0.4) is 0 Å². The van der Waals surface area contributed by atoms with Gasteiger partial charge in [0.05, 0.1) is 6.04 Å². The van der Waals surface area contributed by atoms with E-state index in [1.807, 2.05) is 42.5 Å². The van der Waals surface area contributed by atoms with Gasteiger partial charge in [0.15, 0.2) is 0 Å². The largest absolute Gasteiger partial charge is 0.489 e. The first kappa shape index (κ1) is 12.6. The minimum atomic E-state index is -0.551. The van der Waals surface area contributed by atoms with Gasteiger partial charge in [-0.05, 0) is 23.3 Å². The van der Waals surface area contributed by atoms with E-state index in [4.69, 9.17) is 10.5 Å². The highest BCUT2D eigenvalue weighted by atomic mass is 19.1. The molecular formula is C15H16FNO. The monoisotopic (exact) mass is 245 g/mol. The first-order valence-corrected chi connectivity index (χ1v) is 5.88. The van der Waals surface area contributed by atoms with Crippen molar-refractivity contribution < 1.29 is 9.13 Å². The molecule has 1 atom stereocenters. The van der Waals surface area contributed by atoms with Gasteiger partial charge in [0.2, 0.25) is 0 Å². The van der Waals surface area contributed by atoms with Gasteiger partial charge in [0.1, 0.15) is 19.0 Å². The van der Waals surface area contributed by atoms with Crippen LogP contribution in [0.4, 0.5) is 4.39 Å². The lowest BCUT2D eigenvalue weighted by Gasteiger charge is -2.09. The van der Waals surface area contributed by atoms with Crippen molar-refractivity contribution in [2.75, 3.05) is 6.67 Å². The topological polar surface area (TPSA) is 35.2 Å². The molecule has 0 heterocycles. The average molecular weight is 245 g/mol. The van der Waals surface area contributed by atoms with Gasteiger partial charge in [0.25, 0.3) is 0 Å². The number of rotatable bonds is 5. The van der Waals surface area contributed by atoms with E-state index >= 15 is 0 Å². The Bertz CT molecular complexity index is 470. The van der Waals surface area contributed by atoms with Crippen LogP contribution in [-0.4, -0.2) is 6.67 Å². The Kier molecular flexibility index (Phi) is 4.31. The fourth-order valence-electron chi connectivity index (χ4n) is 1.64. The number of nitrogens with two attached hydrogens (primary N) is 1. The van der Waals surface area contributed by atoms with Crippen LogP contribution < -0.4 is 10.5 Å². The Balaban J connectivity index is 1.94. The van der Waals surface area contributed by atoms with Gasteiger partial charge in [0, 0.05) is 0 Å². The summed E-state index contributed by atoms with van der Waals surface area (Å²) in [5, 5.41) is 0. The predicted octanol–water partition coefficient (Wildman–Crippen LogP) is 3.23. The summed E-state index contributed by atoms with van der Waals surface area (Å²) >= 11 is 0. The molecule has 2 aromatic rings. The van der Waals surface area contributed by atoms with E-state index in [-0.39, 0.29) is 0 Å². The molecule has 3 heteroatoms. The van der Waals surface area contributed by atoms with E-state index in [2.05, 4.69) is 0 Å². The van der Waals surface area contributed by atoms with Crippen LogP contribution in [0.15, 0.2) is 54.6 Å². The lowest BCUT2D eigenvalue weighted by molar-refractivity contribution is 0.306. The summed E-state index contributed by atoms with van der Waals surface area (Å²) in [5.41, 5.74) is 7.49. The van der Waals surface area contributed by atoms with Crippen molar-refractivity contribution in [3.63, 3.8) is 0 Å². The van der Waals surface area contributed by atoms with Crippen molar-refractivity contribution in [2.24, 2.45) is 5.73 Å². The number of hydrogen-bond donors (Lipinski definition) is 1. The zero-order chi connectivity index (χ0) is 12.8. The third-order valence-electron chi connectivity index (χ3n) is 2.72. The van der Waals surface area contributed by atoms with Crippen molar-refractivity contribution in [1.82, 2.24) is 0 Å². The lowest BCUT2D eigenvalue weighted by Crippen LogP contribution is -2.11. The number of ether oxygens (including phenoxy) is 1. The first-order chi connectivity index (χ1) is 8.79. The van der Waals surface area contributed by atoms with Crippen LogP contribution in [0.2, 0.25) is 0 Å². The molecule has 2 aromatic carbocycles. The van der Waals surface area contributed by atoms with Crippen molar-refractivity contribution in [3.8, 4) is 5.75 Å². The summed E-state index contributed by atoms with van der Waals surface area (Å²) in [6.45, 7) is -0.0282. The highest BCUT2D eigenvalue weighted by molar-refractivity contribution is 5.29. The second-order valence-corrected chi connectivity index (χ2v) is 4.10. The van der Waals surface area contributed by atoms with Gasteiger partial charge < -0.3 is 10.5 Å². The lowest BCUT2D eigenvalue weighted by atomic mass is 10.1. The van der Waals surface area contributed by atoms with Gasteiger partial charge >= 0.3 is 0 Å². The van der Waals surface area contributed by atoms with Crippen molar-refractivity contribution >= 4 is 0 Å². The van der Waals surface area contributed by atoms with E-state index < -0.39 is 12.7 Å². The summed E-state index contributed by atoms with van der Waals surface area (Å²) in [5.74, 6) is 0.758. The molecule has 0 bridgehead atoms. The minimum Gasteiger partial charge on any atom is -0.489 e. The minimum absolute atomic E-state index is 0.523. The molecule has 2 nitrogen and oxygen atoms in total. The number of halogens is 1. The molecule has 2 N–H and O–H groups in total. The third-order valence-corrected chi connectivity index (χ3v) is 2.72. The molecule has 0 spiro atoms. The summed E-state index contributed by atoms with van der Waals surface area (Å²) < 4.78 is 18.0. The summed E-state index contributed by atoms with van der Waals surface area (Å²) in [4.78, 5) is 0. The van der Waals surface area contributed by atoms with E-state index in [0.29, 0.717) is 6.61 Å². The maximum Gasteiger partial charge on any atom is 0.119 e. The van der Waals surface area contributed by atoms with Crippen LogP contribution in [0.1, 0.15) is 17.2 Å². The highest BCUT2D eigenvalue weighted by Crippen LogP contribution is 2.17. The van der Waals surface area contributed by atoms with E-state index in [9.17, 15) is 4.39 Å². The van der Waals surface area contributed by atoms with Crippen LogP contribution in [-0.2, 0) is 6.61 Å². The maximum absolute atomic E-state index is 12.4.